The van der Waals surface area contributed by atoms with Crippen molar-refractivity contribution in [3.05, 3.63) is 36.2 Å². The van der Waals surface area contributed by atoms with Gasteiger partial charge in [-0.25, -0.2) is 4.39 Å². The molecule has 0 saturated heterocycles. The van der Waals surface area contributed by atoms with Crippen molar-refractivity contribution in [3.8, 4) is 0 Å². The van der Waals surface area contributed by atoms with Crippen LogP contribution in [-0.2, 0) is 4.74 Å². The molecule has 0 bridgehead atoms. The first-order valence-corrected chi connectivity index (χ1v) is 4.80. The Balaban J connectivity index is 2.68. The Morgan fingerprint density at radius 3 is 2.93 bits per heavy atom. The molecule has 1 aliphatic rings. The first-order valence-electron chi connectivity index (χ1n) is 4.80. The first-order chi connectivity index (χ1) is 6.61. The van der Waals surface area contributed by atoms with Gasteiger partial charge in [-0.05, 0) is 11.8 Å². The molecule has 0 amide bonds. The van der Waals surface area contributed by atoms with E-state index < -0.39 is 0 Å². The standard InChI is InChI=1S/C12H17FO/c1-4-10-5-6-12(2,7-8-14-3)9-11(10)13/h4-6H,1,7-9H2,2-3H3/t12-/m0/s1. The second-order valence-corrected chi connectivity index (χ2v) is 3.97. The average molecular weight is 196 g/mol. The number of rotatable bonds is 4. The molecule has 0 N–H and O–H groups in total. The van der Waals surface area contributed by atoms with Crippen LogP contribution >= 0.6 is 0 Å². The molecule has 1 nitrogen and oxygen atoms in total. The summed E-state index contributed by atoms with van der Waals surface area (Å²) in [5, 5.41) is 0. The lowest BCUT2D eigenvalue weighted by Gasteiger charge is -2.28. The lowest BCUT2D eigenvalue weighted by molar-refractivity contribution is 0.159. The maximum Gasteiger partial charge on any atom is 0.108 e. The summed E-state index contributed by atoms with van der Waals surface area (Å²) in [6, 6.07) is 0. The summed E-state index contributed by atoms with van der Waals surface area (Å²) in [5.74, 6) is -0.0684. The third-order valence-electron chi connectivity index (χ3n) is 2.63. The average Bonchev–Trinajstić information content (AvgIpc) is 2.15. The van der Waals surface area contributed by atoms with Crippen LogP contribution in [0.4, 0.5) is 4.39 Å². The minimum Gasteiger partial charge on any atom is -0.385 e. The molecule has 0 aromatic heterocycles. The van der Waals surface area contributed by atoms with Crippen molar-refractivity contribution in [2.45, 2.75) is 19.8 Å². The zero-order chi connectivity index (χ0) is 10.6. The molecule has 1 atom stereocenters. The van der Waals surface area contributed by atoms with Gasteiger partial charge in [-0.1, -0.05) is 31.7 Å². The zero-order valence-corrected chi connectivity index (χ0v) is 8.85. The molecule has 0 aromatic rings. The Hall–Kier alpha value is -0.890. The fourth-order valence-electron chi connectivity index (χ4n) is 1.58. The molecule has 78 valence electrons. The normalized spacial score (nSPS) is 26.8. The van der Waals surface area contributed by atoms with Crippen LogP contribution in [-0.4, -0.2) is 13.7 Å². The van der Waals surface area contributed by atoms with Crippen molar-refractivity contribution < 1.29 is 9.13 Å². The summed E-state index contributed by atoms with van der Waals surface area (Å²) in [4.78, 5) is 0. The van der Waals surface area contributed by atoms with Crippen molar-refractivity contribution in [2.24, 2.45) is 5.41 Å². The Bertz CT molecular complexity index is 278. The zero-order valence-electron chi connectivity index (χ0n) is 8.85. The van der Waals surface area contributed by atoms with Gasteiger partial charge in [0.25, 0.3) is 0 Å². The van der Waals surface area contributed by atoms with E-state index in [1.807, 2.05) is 19.1 Å². The van der Waals surface area contributed by atoms with Gasteiger partial charge in [0, 0.05) is 25.7 Å². The minimum absolute atomic E-state index is 0.0684. The predicted molar refractivity (Wildman–Crippen MR) is 56.7 cm³/mol. The van der Waals surface area contributed by atoms with E-state index in [1.54, 1.807) is 13.2 Å². The number of halogens is 1. The number of hydrogen-bond donors (Lipinski definition) is 0. The van der Waals surface area contributed by atoms with Gasteiger partial charge in [0.2, 0.25) is 0 Å². The molecule has 0 aliphatic heterocycles. The van der Waals surface area contributed by atoms with E-state index in [0.717, 1.165) is 6.42 Å². The summed E-state index contributed by atoms with van der Waals surface area (Å²) in [6.07, 6.45) is 6.71. The molecule has 1 rings (SSSR count). The monoisotopic (exact) mass is 196 g/mol. The van der Waals surface area contributed by atoms with Gasteiger partial charge in [-0.15, -0.1) is 0 Å². The molecule has 14 heavy (non-hydrogen) atoms. The minimum atomic E-state index is -0.105. The third-order valence-corrected chi connectivity index (χ3v) is 2.63. The first kappa shape index (κ1) is 11.2. The summed E-state index contributed by atoms with van der Waals surface area (Å²) < 4.78 is 18.5. The van der Waals surface area contributed by atoms with Crippen LogP contribution in [0, 0.1) is 5.41 Å². The van der Waals surface area contributed by atoms with Gasteiger partial charge in [0.15, 0.2) is 0 Å². The Kier molecular flexibility index (Phi) is 3.64. The van der Waals surface area contributed by atoms with E-state index in [-0.39, 0.29) is 11.2 Å². The van der Waals surface area contributed by atoms with E-state index >= 15 is 0 Å². The van der Waals surface area contributed by atoms with Crippen molar-refractivity contribution in [2.75, 3.05) is 13.7 Å². The van der Waals surface area contributed by atoms with E-state index in [1.165, 1.54) is 0 Å². The summed E-state index contributed by atoms with van der Waals surface area (Å²) in [7, 11) is 1.66. The molecule has 2 heteroatoms. The van der Waals surface area contributed by atoms with E-state index in [2.05, 4.69) is 6.58 Å². The van der Waals surface area contributed by atoms with E-state index in [0.29, 0.717) is 18.6 Å². The molecule has 0 aromatic carbocycles. The number of ether oxygens (including phenoxy) is 1. The highest BCUT2D eigenvalue weighted by molar-refractivity contribution is 5.36. The Morgan fingerprint density at radius 1 is 1.71 bits per heavy atom. The second-order valence-electron chi connectivity index (χ2n) is 3.97. The molecule has 0 radical (unpaired) electrons. The molecular formula is C12H17FO. The Morgan fingerprint density at radius 2 is 2.43 bits per heavy atom. The number of hydrogen-bond acceptors (Lipinski definition) is 1. The predicted octanol–water partition coefficient (Wildman–Crippen LogP) is 3.40. The van der Waals surface area contributed by atoms with Gasteiger partial charge in [-0.3, -0.25) is 0 Å². The molecule has 0 unspecified atom stereocenters. The van der Waals surface area contributed by atoms with Crippen molar-refractivity contribution >= 4 is 0 Å². The molecular weight excluding hydrogens is 179 g/mol. The maximum atomic E-state index is 13.5. The lowest BCUT2D eigenvalue weighted by atomic mass is 9.79. The summed E-state index contributed by atoms with van der Waals surface area (Å²) in [5.41, 5.74) is 0.506. The van der Waals surface area contributed by atoms with Gasteiger partial charge >= 0.3 is 0 Å². The lowest BCUT2D eigenvalue weighted by Crippen LogP contribution is -2.18. The van der Waals surface area contributed by atoms with E-state index in [9.17, 15) is 4.39 Å². The smallest absolute Gasteiger partial charge is 0.108 e. The molecule has 1 aliphatic carbocycles. The van der Waals surface area contributed by atoms with Gasteiger partial charge in [0.1, 0.15) is 5.83 Å². The SMILES string of the molecule is C=CC1=C(F)C[C@](C)(CCOC)C=C1. The fraction of sp³-hybridized carbons (Fsp3) is 0.500. The quantitative estimate of drug-likeness (QED) is 0.669. The third kappa shape index (κ3) is 2.55. The van der Waals surface area contributed by atoms with Crippen LogP contribution in [0.1, 0.15) is 19.8 Å². The van der Waals surface area contributed by atoms with Gasteiger partial charge in [0.05, 0.1) is 0 Å². The topological polar surface area (TPSA) is 9.23 Å². The van der Waals surface area contributed by atoms with Crippen LogP contribution in [0.15, 0.2) is 36.2 Å². The Labute approximate surface area is 85.0 Å². The van der Waals surface area contributed by atoms with Crippen molar-refractivity contribution in [1.29, 1.82) is 0 Å². The highest BCUT2D eigenvalue weighted by atomic mass is 19.1. The fourth-order valence-corrected chi connectivity index (χ4v) is 1.58. The van der Waals surface area contributed by atoms with Gasteiger partial charge in [-0.2, -0.15) is 0 Å². The molecule has 0 saturated carbocycles. The maximum absolute atomic E-state index is 13.5. The van der Waals surface area contributed by atoms with Crippen LogP contribution in [0.25, 0.3) is 0 Å². The summed E-state index contributed by atoms with van der Waals surface area (Å²) in [6.45, 7) is 6.28. The van der Waals surface area contributed by atoms with E-state index in [4.69, 9.17) is 4.74 Å². The molecule has 0 fully saturated rings. The highest BCUT2D eigenvalue weighted by Crippen LogP contribution is 2.37. The number of methoxy groups -OCH3 is 1. The van der Waals surface area contributed by atoms with Crippen LogP contribution in [0.2, 0.25) is 0 Å². The summed E-state index contributed by atoms with van der Waals surface area (Å²) >= 11 is 0. The van der Waals surface area contributed by atoms with Crippen LogP contribution < -0.4 is 0 Å². The van der Waals surface area contributed by atoms with Crippen molar-refractivity contribution in [1.82, 2.24) is 0 Å². The van der Waals surface area contributed by atoms with Crippen LogP contribution in [0.5, 0.6) is 0 Å². The van der Waals surface area contributed by atoms with Crippen LogP contribution in [0.3, 0.4) is 0 Å². The number of allylic oxidation sites excluding steroid dienone is 5. The van der Waals surface area contributed by atoms with Crippen molar-refractivity contribution in [3.63, 3.8) is 0 Å². The second kappa shape index (κ2) is 4.56. The van der Waals surface area contributed by atoms with Gasteiger partial charge < -0.3 is 4.74 Å². The molecule has 0 heterocycles. The highest BCUT2D eigenvalue weighted by Gasteiger charge is 2.26. The largest absolute Gasteiger partial charge is 0.385 e. The molecule has 0 spiro atoms.